The molecule has 2 aromatic heterocycles. The smallest absolute Gasteiger partial charge is 0.101 e. The fourth-order valence-electron chi connectivity index (χ4n) is 2.70. The summed E-state index contributed by atoms with van der Waals surface area (Å²) < 4.78 is 3.28. The van der Waals surface area contributed by atoms with Gasteiger partial charge in [0.25, 0.3) is 0 Å². The summed E-state index contributed by atoms with van der Waals surface area (Å²) in [5.41, 5.74) is 3.54. The molecular formula is C17H11IN2. The number of halogens is 1. The summed E-state index contributed by atoms with van der Waals surface area (Å²) in [6, 6.07) is 21.2. The Morgan fingerprint density at radius 3 is 1.90 bits per heavy atom. The molecular weight excluding hydrogens is 359 g/mol. The fraction of sp³-hybridized carbons (Fsp3) is 0. The summed E-state index contributed by atoms with van der Waals surface area (Å²) in [6.07, 6.45) is 1.93. The molecule has 0 bridgehead atoms. The maximum Gasteiger partial charge on any atom is 0.101 e. The Hall–Kier alpha value is -1.88. The van der Waals surface area contributed by atoms with Gasteiger partial charge in [-0.1, -0.05) is 36.4 Å². The SMILES string of the molecule is Ic1ccc(-n2c3ccccc3c3ccccc32)cn1. The van der Waals surface area contributed by atoms with Gasteiger partial charge in [0.15, 0.2) is 0 Å². The summed E-state index contributed by atoms with van der Waals surface area (Å²) in [7, 11) is 0. The van der Waals surface area contributed by atoms with Crippen LogP contribution < -0.4 is 0 Å². The van der Waals surface area contributed by atoms with Gasteiger partial charge in [-0.25, -0.2) is 4.98 Å². The normalized spacial score (nSPS) is 11.2. The number of hydrogen-bond donors (Lipinski definition) is 0. The highest BCUT2D eigenvalue weighted by Crippen LogP contribution is 2.31. The first kappa shape index (κ1) is 11.9. The van der Waals surface area contributed by atoms with Crippen LogP contribution in [0.15, 0.2) is 66.9 Å². The predicted molar refractivity (Wildman–Crippen MR) is 91.3 cm³/mol. The van der Waals surface area contributed by atoms with E-state index in [1.807, 2.05) is 12.3 Å². The van der Waals surface area contributed by atoms with Crippen molar-refractivity contribution >= 4 is 44.4 Å². The van der Waals surface area contributed by atoms with E-state index in [0.717, 1.165) is 9.39 Å². The van der Waals surface area contributed by atoms with Crippen LogP contribution in [0.1, 0.15) is 0 Å². The van der Waals surface area contributed by atoms with Gasteiger partial charge in [-0.15, -0.1) is 0 Å². The van der Waals surface area contributed by atoms with Crippen molar-refractivity contribution in [2.75, 3.05) is 0 Å². The molecule has 2 aromatic carbocycles. The van der Waals surface area contributed by atoms with Crippen LogP contribution in [0, 0.1) is 3.70 Å². The van der Waals surface area contributed by atoms with Gasteiger partial charge in [-0.05, 0) is 46.9 Å². The molecule has 3 heteroatoms. The van der Waals surface area contributed by atoms with Gasteiger partial charge in [-0.3, -0.25) is 0 Å². The van der Waals surface area contributed by atoms with Crippen molar-refractivity contribution in [3.8, 4) is 5.69 Å². The molecule has 0 aliphatic carbocycles. The second kappa shape index (κ2) is 4.59. The van der Waals surface area contributed by atoms with Crippen molar-refractivity contribution in [1.82, 2.24) is 9.55 Å². The van der Waals surface area contributed by atoms with E-state index in [4.69, 9.17) is 0 Å². The van der Waals surface area contributed by atoms with Gasteiger partial charge in [0.1, 0.15) is 3.70 Å². The van der Waals surface area contributed by atoms with Gasteiger partial charge in [0.05, 0.1) is 22.9 Å². The molecule has 2 heterocycles. The Morgan fingerprint density at radius 1 is 0.750 bits per heavy atom. The molecule has 0 unspecified atom stereocenters. The molecule has 4 rings (SSSR count). The highest BCUT2D eigenvalue weighted by molar-refractivity contribution is 14.1. The Labute approximate surface area is 130 Å². The van der Waals surface area contributed by atoms with Crippen molar-refractivity contribution in [2.45, 2.75) is 0 Å². The van der Waals surface area contributed by atoms with Crippen LogP contribution >= 0.6 is 22.6 Å². The lowest BCUT2D eigenvalue weighted by Gasteiger charge is -2.06. The molecule has 0 atom stereocenters. The Balaban J connectivity index is 2.17. The summed E-state index contributed by atoms with van der Waals surface area (Å²) in [6.45, 7) is 0. The number of benzene rings is 2. The topological polar surface area (TPSA) is 17.8 Å². The van der Waals surface area contributed by atoms with Crippen molar-refractivity contribution < 1.29 is 0 Å². The summed E-state index contributed by atoms with van der Waals surface area (Å²) in [5.74, 6) is 0. The van der Waals surface area contributed by atoms with Crippen LogP contribution in [0.5, 0.6) is 0 Å². The average molecular weight is 370 g/mol. The van der Waals surface area contributed by atoms with E-state index >= 15 is 0 Å². The molecule has 0 spiro atoms. The quantitative estimate of drug-likeness (QED) is 0.348. The molecule has 0 aliphatic rings. The van der Waals surface area contributed by atoms with Crippen LogP contribution in [-0.2, 0) is 0 Å². The van der Waals surface area contributed by atoms with Gasteiger partial charge in [-0.2, -0.15) is 0 Å². The van der Waals surface area contributed by atoms with Crippen LogP contribution in [-0.4, -0.2) is 9.55 Å². The van der Waals surface area contributed by atoms with Gasteiger partial charge < -0.3 is 4.57 Å². The first-order valence-corrected chi connectivity index (χ1v) is 7.52. The van der Waals surface area contributed by atoms with E-state index in [-0.39, 0.29) is 0 Å². The number of aromatic nitrogens is 2. The third-order valence-electron chi connectivity index (χ3n) is 3.55. The molecule has 0 N–H and O–H groups in total. The van der Waals surface area contributed by atoms with Crippen molar-refractivity contribution in [3.05, 3.63) is 70.6 Å². The van der Waals surface area contributed by atoms with E-state index in [2.05, 4.69) is 86.7 Å². The molecule has 0 aliphatic heterocycles. The first-order chi connectivity index (χ1) is 9.84. The minimum Gasteiger partial charge on any atom is -0.308 e. The average Bonchev–Trinajstić information content (AvgIpc) is 2.83. The summed E-state index contributed by atoms with van der Waals surface area (Å²) in [5, 5.41) is 2.56. The van der Waals surface area contributed by atoms with Crippen LogP contribution in [0.3, 0.4) is 0 Å². The van der Waals surface area contributed by atoms with Crippen molar-refractivity contribution in [3.63, 3.8) is 0 Å². The number of para-hydroxylation sites is 2. The van der Waals surface area contributed by atoms with Crippen LogP contribution in [0.2, 0.25) is 0 Å². The maximum atomic E-state index is 4.41. The zero-order chi connectivity index (χ0) is 13.5. The molecule has 0 saturated carbocycles. The highest BCUT2D eigenvalue weighted by atomic mass is 127. The minimum atomic E-state index is 1.01. The summed E-state index contributed by atoms with van der Waals surface area (Å²) >= 11 is 2.23. The minimum absolute atomic E-state index is 1.01. The number of nitrogens with zero attached hydrogens (tertiary/aromatic N) is 2. The van der Waals surface area contributed by atoms with Gasteiger partial charge in [0, 0.05) is 10.8 Å². The van der Waals surface area contributed by atoms with E-state index in [0.29, 0.717) is 0 Å². The molecule has 0 amide bonds. The molecule has 20 heavy (non-hydrogen) atoms. The highest BCUT2D eigenvalue weighted by Gasteiger charge is 2.10. The Kier molecular flexibility index (Phi) is 2.73. The second-order valence-electron chi connectivity index (χ2n) is 4.71. The van der Waals surface area contributed by atoms with E-state index in [1.54, 1.807) is 0 Å². The number of pyridine rings is 1. The third kappa shape index (κ3) is 1.73. The molecule has 0 radical (unpaired) electrons. The molecule has 2 nitrogen and oxygen atoms in total. The van der Waals surface area contributed by atoms with E-state index < -0.39 is 0 Å². The standard InChI is InChI=1S/C17H11IN2/c18-17-10-9-12(11-19-17)20-15-7-3-1-5-13(15)14-6-2-4-8-16(14)20/h1-11H. The third-order valence-corrected chi connectivity index (χ3v) is 4.19. The van der Waals surface area contributed by atoms with Crippen LogP contribution in [0.25, 0.3) is 27.5 Å². The molecule has 96 valence electrons. The van der Waals surface area contributed by atoms with E-state index in [1.165, 1.54) is 21.8 Å². The van der Waals surface area contributed by atoms with Crippen molar-refractivity contribution in [1.29, 1.82) is 0 Å². The van der Waals surface area contributed by atoms with Crippen molar-refractivity contribution in [2.24, 2.45) is 0 Å². The number of rotatable bonds is 1. The largest absolute Gasteiger partial charge is 0.308 e. The lowest BCUT2D eigenvalue weighted by Crippen LogP contribution is -1.94. The fourth-order valence-corrected chi connectivity index (χ4v) is 3.02. The zero-order valence-corrected chi connectivity index (χ0v) is 12.8. The maximum absolute atomic E-state index is 4.41. The molecule has 0 saturated heterocycles. The first-order valence-electron chi connectivity index (χ1n) is 6.45. The molecule has 0 fully saturated rings. The monoisotopic (exact) mass is 370 g/mol. The van der Waals surface area contributed by atoms with Gasteiger partial charge >= 0.3 is 0 Å². The number of hydrogen-bond acceptors (Lipinski definition) is 1. The lowest BCUT2D eigenvalue weighted by atomic mass is 10.2. The van der Waals surface area contributed by atoms with Crippen LogP contribution in [0.4, 0.5) is 0 Å². The zero-order valence-electron chi connectivity index (χ0n) is 10.6. The molecule has 4 aromatic rings. The number of fused-ring (bicyclic) bond motifs is 3. The Morgan fingerprint density at radius 2 is 1.35 bits per heavy atom. The van der Waals surface area contributed by atoms with E-state index in [9.17, 15) is 0 Å². The predicted octanol–water partition coefficient (Wildman–Crippen LogP) is 4.78. The lowest BCUT2D eigenvalue weighted by molar-refractivity contribution is 1.13. The summed E-state index contributed by atoms with van der Waals surface area (Å²) in [4.78, 5) is 4.41. The van der Waals surface area contributed by atoms with Gasteiger partial charge in [0.2, 0.25) is 0 Å². The second-order valence-corrected chi connectivity index (χ2v) is 5.81. The Bertz CT molecular complexity index is 854.